The van der Waals surface area contributed by atoms with Crippen molar-refractivity contribution < 1.29 is 17.7 Å². The highest BCUT2D eigenvalue weighted by molar-refractivity contribution is 6.58. The molecule has 0 aromatic heterocycles. The number of nitrogens with zero attached hydrogens (tertiary/aromatic N) is 2. The number of nitriles is 1. The van der Waals surface area contributed by atoms with Gasteiger partial charge < -0.3 is 22.6 Å². The summed E-state index contributed by atoms with van der Waals surface area (Å²) in [5, 5.41) is 8.52. The standard InChI is InChI=1S/C7H11BF3N2O/c9-8(10,11)1-2-13-3-4-14-7(5-12)6-13/h7H,1-4,6H2/q-1. The van der Waals surface area contributed by atoms with E-state index in [9.17, 15) is 12.9 Å². The van der Waals surface area contributed by atoms with Crippen LogP contribution in [0, 0.1) is 11.3 Å². The van der Waals surface area contributed by atoms with Gasteiger partial charge >= 0.3 is 6.98 Å². The van der Waals surface area contributed by atoms with Crippen molar-refractivity contribution in [3.05, 3.63) is 0 Å². The van der Waals surface area contributed by atoms with E-state index in [1.165, 1.54) is 0 Å². The minimum absolute atomic E-state index is 0.0228. The average Bonchev–Trinajstić information content (AvgIpc) is 2.14. The van der Waals surface area contributed by atoms with Crippen LogP contribution >= 0.6 is 0 Å². The van der Waals surface area contributed by atoms with E-state index in [1.54, 1.807) is 4.90 Å². The normalized spacial score (nSPS) is 24.6. The van der Waals surface area contributed by atoms with Crippen LogP contribution < -0.4 is 0 Å². The van der Waals surface area contributed by atoms with Gasteiger partial charge in [-0.15, -0.1) is 0 Å². The van der Waals surface area contributed by atoms with Crippen LogP contribution in [0.4, 0.5) is 12.9 Å². The summed E-state index contributed by atoms with van der Waals surface area (Å²) in [6, 6.07) is 1.89. The molecule has 0 radical (unpaired) electrons. The van der Waals surface area contributed by atoms with E-state index in [0.29, 0.717) is 13.2 Å². The maximum atomic E-state index is 11.9. The Hall–Kier alpha value is -0.735. The van der Waals surface area contributed by atoms with E-state index in [-0.39, 0.29) is 13.1 Å². The van der Waals surface area contributed by atoms with Crippen LogP contribution in [0.1, 0.15) is 0 Å². The van der Waals surface area contributed by atoms with Crippen molar-refractivity contribution in [1.29, 1.82) is 5.26 Å². The Bertz CT molecular complexity index is 228. The summed E-state index contributed by atoms with van der Waals surface area (Å²) in [6.45, 7) is -3.65. The van der Waals surface area contributed by atoms with Gasteiger partial charge in [-0.3, -0.25) is 0 Å². The Morgan fingerprint density at radius 2 is 2.21 bits per heavy atom. The zero-order valence-corrected chi connectivity index (χ0v) is 7.63. The number of ether oxygens (including phenoxy) is 1. The van der Waals surface area contributed by atoms with Gasteiger partial charge in [-0.05, 0) is 6.54 Å². The van der Waals surface area contributed by atoms with Crippen LogP contribution in [0.3, 0.4) is 0 Å². The summed E-state index contributed by atoms with van der Waals surface area (Å²) in [6.07, 6.45) is -1.34. The summed E-state index contributed by atoms with van der Waals surface area (Å²) in [5.41, 5.74) is 0. The van der Waals surface area contributed by atoms with Crippen molar-refractivity contribution in [2.75, 3.05) is 26.2 Å². The molecule has 80 valence electrons. The fourth-order valence-corrected chi connectivity index (χ4v) is 1.31. The van der Waals surface area contributed by atoms with Gasteiger partial charge in [-0.1, -0.05) is 6.32 Å². The fourth-order valence-electron chi connectivity index (χ4n) is 1.31. The lowest BCUT2D eigenvalue weighted by Gasteiger charge is -2.31. The molecule has 1 saturated heterocycles. The van der Waals surface area contributed by atoms with Gasteiger partial charge in [0.15, 0.2) is 6.10 Å². The number of hydrogen-bond acceptors (Lipinski definition) is 3. The van der Waals surface area contributed by atoms with Crippen LogP contribution in [-0.4, -0.2) is 44.2 Å². The van der Waals surface area contributed by atoms with Gasteiger partial charge in [0.25, 0.3) is 0 Å². The third-order valence-corrected chi connectivity index (χ3v) is 2.07. The van der Waals surface area contributed by atoms with Crippen molar-refractivity contribution >= 4 is 6.98 Å². The van der Waals surface area contributed by atoms with Crippen molar-refractivity contribution in [2.24, 2.45) is 0 Å². The molecular weight excluding hydrogens is 196 g/mol. The lowest BCUT2D eigenvalue weighted by atomic mass is 9.86. The highest BCUT2D eigenvalue weighted by Crippen LogP contribution is 2.16. The minimum atomic E-state index is -4.72. The maximum Gasteiger partial charge on any atom is 0.479 e. The smallest absolute Gasteiger partial charge is 0.449 e. The number of hydrogen-bond donors (Lipinski definition) is 0. The Kier molecular flexibility index (Phi) is 3.78. The molecule has 0 amide bonds. The molecule has 0 aromatic carbocycles. The second-order valence-corrected chi connectivity index (χ2v) is 3.29. The molecule has 1 aliphatic heterocycles. The van der Waals surface area contributed by atoms with Crippen LogP contribution in [0.25, 0.3) is 0 Å². The van der Waals surface area contributed by atoms with Gasteiger partial charge in [0, 0.05) is 13.1 Å². The number of halogens is 3. The topological polar surface area (TPSA) is 36.3 Å². The largest absolute Gasteiger partial charge is 0.479 e. The van der Waals surface area contributed by atoms with Crippen LogP contribution in [0.5, 0.6) is 0 Å². The van der Waals surface area contributed by atoms with Crippen molar-refractivity contribution in [3.8, 4) is 6.07 Å². The fraction of sp³-hybridized carbons (Fsp3) is 0.857. The SMILES string of the molecule is N#CC1CN(CC[B-](F)(F)F)CCO1. The Morgan fingerprint density at radius 3 is 2.79 bits per heavy atom. The third-order valence-electron chi connectivity index (χ3n) is 2.07. The first kappa shape index (κ1) is 11.3. The Balaban J connectivity index is 2.28. The molecule has 1 unspecified atom stereocenters. The Morgan fingerprint density at radius 1 is 1.50 bits per heavy atom. The van der Waals surface area contributed by atoms with Gasteiger partial charge in [0.2, 0.25) is 0 Å². The lowest BCUT2D eigenvalue weighted by Crippen LogP contribution is -2.43. The first-order valence-electron chi connectivity index (χ1n) is 4.46. The highest BCUT2D eigenvalue weighted by atomic mass is 19.4. The molecule has 7 heteroatoms. The molecule has 3 nitrogen and oxygen atoms in total. The van der Waals surface area contributed by atoms with E-state index in [0.717, 1.165) is 0 Å². The van der Waals surface area contributed by atoms with Crippen molar-refractivity contribution in [2.45, 2.75) is 12.4 Å². The van der Waals surface area contributed by atoms with E-state index in [1.807, 2.05) is 6.07 Å². The second kappa shape index (κ2) is 4.67. The Labute approximate surface area is 80.5 Å². The van der Waals surface area contributed by atoms with Crippen molar-refractivity contribution in [1.82, 2.24) is 4.90 Å². The molecule has 1 rings (SSSR count). The zero-order chi connectivity index (χ0) is 10.6. The summed E-state index contributed by atoms with van der Waals surface area (Å²) in [4.78, 5) is 1.62. The molecular formula is C7H11BF3N2O-. The molecule has 1 aliphatic rings. The van der Waals surface area contributed by atoms with E-state index >= 15 is 0 Å². The summed E-state index contributed by atoms with van der Waals surface area (Å²) in [5.74, 6) is 0. The van der Waals surface area contributed by atoms with Gasteiger partial charge in [-0.25, -0.2) is 0 Å². The molecule has 1 fully saturated rings. The van der Waals surface area contributed by atoms with Crippen LogP contribution in [0.2, 0.25) is 6.32 Å². The predicted octanol–water partition coefficient (Wildman–Crippen LogP) is 1.06. The van der Waals surface area contributed by atoms with Gasteiger partial charge in [0.1, 0.15) is 0 Å². The maximum absolute atomic E-state index is 11.9. The third kappa shape index (κ3) is 3.98. The molecule has 0 spiro atoms. The first-order chi connectivity index (χ1) is 6.51. The minimum Gasteiger partial charge on any atom is -0.449 e. The summed E-state index contributed by atoms with van der Waals surface area (Å²) < 4.78 is 40.8. The van der Waals surface area contributed by atoms with Gasteiger partial charge in [0.05, 0.1) is 12.7 Å². The van der Waals surface area contributed by atoms with Crippen molar-refractivity contribution in [3.63, 3.8) is 0 Å². The lowest BCUT2D eigenvalue weighted by molar-refractivity contribution is 0.00207. The molecule has 14 heavy (non-hydrogen) atoms. The number of rotatable bonds is 3. The molecule has 1 atom stereocenters. The zero-order valence-electron chi connectivity index (χ0n) is 7.63. The summed E-state index contributed by atoms with van der Waals surface area (Å²) in [7, 11) is 0. The van der Waals surface area contributed by atoms with Crippen LogP contribution in [0.15, 0.2) is 0 Å². The molecule has 0 saturated carbocycles. The first-order valence-corrected chi connectivity index (χ1v) is 4.46. The van der Waals surface area contributed by atoms with Gasteiger partial charge in [-0.2, -0.15) is 5.26 Å². The quantitative estimate of drug-likeness (QED) is 0.649. The number of morpholine rings is 1. The highest BCUT2D eigenvalue weighted by Gasteiger charge is 2.26. The molecule has 0 aromatic rings. The van der Waals surface area contributed by atoms with Crippen LogP contribution in [-0.2, 0) is 4.74 Å². The van der Waals surface area contributed by atoms with E-state index in [2.05, 4.69) is 0 Å². The second-order valence-electron chi connectivity index (χ2n) is 3.29. The van der Waals surface area contributed by atoms with E-state index < -0.39 is 19.4 Å². The monoisotopic (exact) mass is 207 g/mol. The summed E-state index contributed by atoms with van der Waals surface area (Å²) >= 11 is 0. The molecule has 0 bridgehead atoms. The predicted molar refractivity (Wildman–Crippen MR) is 45.7 cm³/mol. The molecule has 1 heterocycles. The van der Waals surface area contributed by atoms with E-state index in [4.69, 9.17) is 10.00 Å². The molecule has 0 N–H and O–H groups in total. The average molecular weight is 207 g/mol. The molecule has 0 aliphatic carbocycles.